The predicted molar refractivity (Wildman–Crippen MR) is 188 cm³/mol. The molecule has 0 spiro atoms. The van der Waals surface area contributed by atoms with Crippen molar-refractivity contribution < 1.29 is 59.8 Å². The lowest BCUT2D eigenvalue weighted by atomic mass is 9.66. The smallest absolute Gasteiger partial charge is 0.297 e. The van der Waals surface area contributed by atoms with Crippen LogP contribution in [0.4, 0.5) is 0 Å². The number of allylic oxidation sites excluding steroid dienone is 1. The van der Waals surface area contributed by atoms with E-state index in [2.05, 4.69) is 18.8 Å². The molecule has 0 bridgehead atoms. The molecule has 2 aliphatic carbocycles. The molecule has 0 aromatic rings. The third-order valence-corrected chi connectivity index (χ3v) is 12.7. The Kier molecular flexibility index (Phi) is 14.6. The maximum Gasteiger partial charge on any atom is 0.297 e. The van der Waals surface area contributed by atoms with Crippen LogP contribution < -0.4 is 16.2 Å². The lowest BCUT2D eigenvalue weighted by Gasteiger charge is -2.50. The molecule has 4 fully saturated rings. The Balaban J connectivity index is 1.27. The number of nitrogens with two attached hydrogens (primary N) is 2. The van der Waals surface area contributed by atoms with Crippen LogP contribution in [-0.2, 0) is 19.1 Å². The third kappa shape index (κ3) is 9.56. The number of aliphatic hydroxyl groups is 7. The van der Waals surface area contributed by atoms with Gasteiger partial charge in [0.15, 0.2) is 24.2 Å². The van der Waals surface area contributed by atoms with Crippen molar-refractivity contribution in [1.29, 1.82) is 0 Å². The largest absolute Gasteiger partial charge is 0.547 e. The highest BCUT2D eigenvalue weighted by Crippen LogP contribution is 2.45. The van der Waals surface area contributed by atoms with Crippen molar-refractivity contribution >= 4 is 18.1 Å². The first-order valence-corrected chi connectivity index (χ1v) is 19.7. The van der Waals surface area contributed by atoms with E-state index in [9.17, 15) is 40.2 Å². The minimum absolute atomic E-state index is 0.0101. The molecular weight excluding hydrogens is 674 g/mol. The van der Waals surface area contributed by atoms with Gasteiger partial charge in [-0.1, -0.05) is 46.0 Å². The second-order valence-corrected chi connectivity index (χ2v) is 16.3. The Morgan fingerprint density at radius 3 is 2.54 bits per heavy atom. The van der Waals surface area contributed by atoms with Crippen LogP contribution >= 0.6 is 0 Å². The summed E-state index contributed by atoms with van der Waals surface area (Å²) in [5.41, 5.74) is 4.76. The molecule has 0 aromatic carbocycles. The van der Waals surface area contributed by atoms with E-state index >= 15 is 0 Å². The molecule has 2 saturated carbocycles. The van der Waals surface area contributed by atoms with Crippen molar-refractivity contribution in [3.8, 4) is 0 Å². The van der Waals surface area contributed by atoms with Gasteiger partial charge in [0, 0.05) is 18.8 Å². The van der Waals surface area contributed by atoms with Gasteiger partial charge in [-0.3, -0.25) is 4.79 Å². The normalized spacial score (nSPS) is 40.3. The number of rotatable bonds is 17. The van der Waals surface area contributed by atoms with E-state index in [4.69, 9.17) is 19.9 Å². The quantitative estimate of drug-likeness (QED) is 0.0531. The Morgan fingerprint density at radius 2 is 1.88 bits per heavy atom. The lowest BCUT2D eigenvalue weighted by Crippen LogP contribution is -2.93. The number of amides is 1. The summed E-state index contributed by atoms with van der Waals surface area (Å²) in [5.74, 6) is -2.47. The SMILES string of the molecule is CCCCCC[C@H](C)[C@H](C[NH2+]C[C@@]1(O)[C@H](OC2CCC3C(C2)[OH+]C(C(N)=O)C(C2CCC(O)CC2)C3O)O[C@H](C(=O)[O-])[C@@H](O)[C@@H]1O)CC1=C[CH+]N=C1. The van der Waals surface area contributed by atoms with Crippen molar-refractivity contribution in [3.63, 3.8) is 0 Å². The Labute approximate surface area is 307 Å². The second kappa shape index (κ2) is 18.5. The number of unbranched alkanes of at least 4 members (excludes halogenated alkanes) is 3. The van der Waals surface area contributed by atoms with Gasteiger partial charge in [0.05, 0.1) is 48.7 Å². The summed E-state index contributed by atoms with van der Waals surface area (Å²) in [6, 6.07) is 0. The number of carboxylic acids is 1. The fourth-order valence-corrected chi connectivity index (χ4v) is 9.48. The first-order valence-electron chi connectivity index (χ1n) is 19.7. The van der Waals surface area contributed by atoms with Crippen LogP contribution in [0.3, 0.4) is 0 Å². The number of hydrogen-bond acceptors (Lipinski definition) is 11. The van der Waals surface area contributed by atoms with Crippen LogP contribution in [0.2, 0.25) is 0 Å². The molecule has 6 unspecified atom stereocenters. The summed E-state index contributed by atoms with van der Waals surface area (Å²) < 4.78 is 16.8. The van der Waals surface area contributed by atoms with E-state index in [0.29, 0.717) is 51.0 Å². The highest BCUT2D eigenvalue weighted by molar-refractivity contribution is 5.82. The van der Waals surface area contributed by atoms with Gasteiger partial charge in [0.2, 0.25) is 6.10 Å². The molecule has 294 valence electrons. The molecule has 14 nitrogen and oxygen atoms in total. The molecule has 1 amide bonds. The number of ether oxygens (including phenoxy) is 3. The summed E-state index contributed by atoms with van der Waals surface area (Å²) in [6.07, 6.45) is 3.33. The zero-order chi connectivity index (χ0) is 37.6. The van der Waals surface area contributed by atoms with E-state index in [0.717, 1.165) is 31.3 Å². The first-order chi connectivity index (χ1) is 24.8. The van der Waals surface area contributed by atoms with Crippen LogP contribution in [0.15, 0.2) is 16.6 Å². The summed E-state index contributed by atoms with van der Waals surface area (Å²) >= 11 is 0. The second-order valence-electron chi connectivity index (χ2n) is 16.3. The van der Waals surface area contributed by atoms with Crippen LogP contribution in [0.25, 0.3) is 0 Å². The number of aliphatic carboxylic acids is 1. The fourth-order valence-electron chi connectivity index (χ4n) is 9.48. The summed E-state index contributed by atoms with van der Waals surface area (Å²) in [5, 5.41) is 69.5. The maximum atomic E-state index is 12.7. The number of aliphatic imine (C=N–C) groups is 1. The van der Waals surface area contributed by atoms with Crippen molar-refractivity contribution in [3.05, 3.63) is 18.2 Å². The molecule has 13 atom stereocenters. The lowest BCUT2D eigenvalue weighted by molar-refractivity contribution is -0.680. The maximum absolute atomic E-state index is 12.7. The average Bonchev–Trinajstić information content (AvgIpc) is 3.63. The van der Waals surface area contributed by atoms with Crippen molar-refractivity contribution in [2.24, 2.45) is 40.3 Å². The minimum atomic E-state index is -2.19. The number of primary amides is 1. The summed E-state index contributed by atoms with van der Waals surface area (Å²) in [7, 11) is 0. The van der Waals surface area contributed by atoms with Crippen molar-refractivity contribution in [2.45, 2.75) is 158 Å². The molecule has 0 aromatic heterocycles. The number of aliphatic hydroxyl groups excluding tert-OH is 4. The minimum Gasteiger partial charge on any atom is -0.547 e. The number of fused-ring (bicyclic) bond motifs is 1. The fraction of sp³-hybridized carbons (Fsp3) is 0.842. The average molecular weight is 738 g/mol. The number of carbonyl (C=O) groups is 2. The Bertz CT molecular complexity index is 1240. The summed E-state index contributed by atoms with van der Waals surface area (Å²) in [4.78, 5) is 28.8. The molecule has 52 heavy (non-hydrogen) atoms. The molecule has 10 N–H and O–H groups in total. The first kappa shape index (κ1) is 41.0. The van der Waals surface area contributed by atoms with Crippen molar-refractivity contribution in [1.82, 2.24) is 0 Å². The van der Waals surface area contributed by atoms with Crippen LogP contribution in [-0.4, -0.2) is 122 Å². The Hall–Kier alpha value is -2.14. The zero-order valence-electron chi connectivity index (χ0n) is 30.7. The molecular formula is C38H63N3O11+2. The van der Waals surface area contributed by atoms with Gasteiger partial charge in [0.1, 0.15) is 37.0 Å². The molecule has 3 heterocycles. The molecule has 14 heteroatoms. The van der Waals surface area contributed by atoms with Crippen molar-refractivity contribution in [2.75, 3.05) is 13.1 Å². The number of hydrogen-bond donors (Lipinski definition) is 7. The standard InChI is InChI=1S/C38H61N3O11/c1-3-4-5-6-7-21(2)24(16-22-14-15-40-18-22)19-41-20-38(49)34(45)31(44)33(36(47)48)52-37(38)50-26-12-13-27-28(17-26)51-32(35(39)46)29(30(27)43)23-8-10-25(42)11-9-23/h14-15,18,21,23-34,37,41-45,49H,3-13,16-17,19-20H2,1-2H3,(H2-,39,46,47,48)/p+2/t21-,23?,24-,25?,26?,27?,28?,29?,30?,31+,32?,33-,34-,37+,38-/m0/s1. The van der Waals surface area contributed by atoms with Gasteiger partial charge in [-0.15, -0.1) is 4.99 Å². The number of carboxylic acid groups (broad SMARTS) is 1. The van der Waals surface area contributed by atoms with Gasteiger partial charge in [-0.25, -0.2) is 0 Å². The van der Waals surface area contributed by atoms with E-state index in [-0.39, 0.29) is 36.8 Å². The highest BCUT2D eigenvalue weighted by atomic mass is 16.7. The van der Waals surface area contributed by atoms with Gasteiger partial charge < -0.3 is 60.7 Å². The van der Waals surface area contributed by atoms with Crippen LogP contribution in [0.1, 0.15) is 97.3 Å². The number of carbonyl (C=O) groups excluding carboxylic acids is 2. The topological polar surface area (TPSA) is 245 Å². The molecule has 0 radical (unpaired) electrons. The van der Waals surface area contributed by atoms with E-state index in [1.807, 2.05) is 17.6 Å². The molecule has 5 rings (SSSR count). The number of quaternary nitrogens is 1. The number of nitrogens with zero attached hydrogens (tertiary/aromatic N) is 1. The predicted octanol–water partition coefficient (Wildman–Crippen LogP) is -1.26. The molecule has 5 aliphatic rings. The van der Waals surface area contributed by atoms with E-state index < -0.39 is 72.4 Å². The van der Waals surface area contributed by atoms with E-state index in [1.54, 1.807) is 6.54 Å². The van der Waals surface area contributed by atoms with E-state index in [1.165, 1.54) is 12.8 Å². The van der Waals surface area contributed by atoms with Gasteiger partial charge in [0.25, 0.3) is 5.91 Å². The molecule has 2 saturated heterocycles. The van der Waals surface area contributed by atoms with Crippen LogP contribution in [0, 0.1) is 36.1 Å². The monoisotopic (exact) mass is 737 g/mol. The van der Waals surface area contributed by atoms with Gasteiger partial charge >= 0.3 is 0 Å². The molecule has 3 aliphatic heterocycles. The van der Waals surface area contributed by atoms with Gasteiger partial charge in [-0.2, -0.15) is 0 Å². The summed E-state index contributed by atoms with van der Waals surface area (Å²) in [6.45, 7) is 6.62. The third-order valence-electron chi connectivity index (χ3n) is 12.7. The van der Waals surface area contributed by atoms with Crippen LogP contribution in [0.5, 0.6) is 0 Å². The Morgan fingerprint density at radius 1 is 1.13 bits per heavy atom. The zero-order valence-corrected chi connectivity index (χ0v) is 30.7. The highest BCUT2D eigenvalue weighted by Gasteiger charge is 2.60. The van der Waals surface area contributed by atoms with Gasteiger partial charge in [-0.05, 0) is 50.4 Å².